The third-order valence-corrected chi connectivity index (χ3v) is 3.35. The maximum absolute atomic E-state index is 11.7. The number of aliphatic hydroxyl groups is 1. The Morgan fingerprint density at radius 3 is 2.71 bits per heavy atom. The molecule has 1 N–H and O–H groups in total. The summed E-state index contributed by atoms with van der Waals surface area (Å²) < 4.78 is 0.612. The zero-order valence-electron chi connectivity index (χ0n) is 7.66. The van der Waals surface area contributed by atoms with Crippen LogP contribution in [0.5, 0.6) is 0 Å². The van der Waals surface area contributed by atoms with Crippen LogP contribution >= 0.6 is 22.9 Å². The molecular formula is C9H10ClNO2S. The molecule has 0 spiro atoms. The molecule has 1 saturated heterocycles. The summed E-state index contributed by atoms with van der Waals surface area (Å²) in [5, 5.41) is 9.47. The normalized spacial score (nSPS) is 19.2. The summed E-state index contributed by atoms with van der Waals surface area (Å²) in [7, 11) is 0. The van der Waals surface area contributed by atoms with Gasteiger partial charge in [-0.3, -0.25) is 4.79 Å². The lowest BCUT2D eigenvalue weighted by Crippen LogP contribution is -2.61. The third kappa shape index (κ3) is 1.78. The lowest BCUT2D eigenvalue weighted by Gasteiger charge is -2.43. The van der Waals surface area contributed by atoms with Gasteiger partial charge in [0, 0.05) is 0 Å². The van der Waals surface area contributed by atoms with Crippen LogP contribution in [0.25, 0.3) is 0 Å². The minimum absolute atomic E-state index is 0.0478. The number of nitrogens with zero attached hydrogens (tertiary/aromatic N) is 1. The first-order valence-corrected chi connectivity index (χ1v) is 5.44. The van der Waals surface area contributed by atoms with Crippen LogP contribution < -0.4 is 0 Å². The Hall–Kier alpha value is -0.580. The van der Waals surface area contributed by atoms with Crippen molar-refractivity contribution < 1.29 is 9.90 Å². The van der Waals surface area contributed by atoms with Crippen molar-refractivity contribution in [2.45, 2.75) is 12.5 Å². The standard InChI is InChI=1S/C9H10ClNO2S/c1-9(13)4-11(5-9)8(12)6-2-3-7(10)14-6/h2-3,13H,4-5H2,1H3. The van der Waals surface area contributed by atoms with Crippen molar-refractivity contribution in [1.82, 2.24) is 4.90 Å². The molecule has 0 bridgehead atoms. The second-order valence-corrected chi connectivity index (χ2v) is 5.48. The van der Waals surface area contributed by atoms with Gasteiger partial charge in [-0.2, -0.15) is 0 Å². The Labute approximate surface area is 90.9 Å². The summed E-state index contributed by atoms with van der Waals surface area (Å²) in [5.74, 6) is -0.0478. The molecule has 0 unspecified atom stereocenters. The van der Waals surface area contributed by atoms with Crippen LogP contribution in [0.4, 0.5) is 0 Å². The number of carbonyl (C=O) groups is 1. The van der Waals surface area contributed by atoms with Gasteiger partial charge in [-0.25, -0.2) is 0 Å². The predicted molar refractivity (Wildman–Crippen MR) is 55.9 cm³/mol. The van der Waals surface area contributed by atoms with Crippen molar-refractivity contribution in [3.05, 3.63) is 21.3 Å². The molecule has 2 heterocycles. The van der Waals surface area contributed by atoms with E-state index in [0.29, 0.717) is 22.3 Å². The van der Waals surface area contributed by atoms with Gasteiger partial charge in [-0.15, -0.1) is 11.3 Å². The summed E-state index contributed by atoms with van der Waals surface area (Å²) in [5.41, 5.74) is -0.712. The third-order valence-electron chi connectivity index (χ3n) is 2.13. The molecule has 1 amide bonds. The summed E-state index contributed by atoms with van der Waals surface area (Å²) in [6, 6.07) is 3.42. The number of hydrogen-bond donors (Lipinski definition) is 1. The van der Waals surface area contributed by atoms with E-state index < -0.39 is 5.60 Å². The molecular weight excluding hydrogens is 222 g/mol. The number of likely N-dealkylation sites (tertiary alicyclic amines) is 1. The van der Waals surface area contributed by atoms with E-state index in [0.717, 1.165) is 0 Å². The van der Waals surface area contributed by atoms with E-state index in [4.69, 9.17) is 11.6 Å². The van der Waals surface area contributed by atoms with E-state index >= 15 is 0 Å². The zero-order valence-corrected chi connectivity index (χ0v) is 9.23. The van der Waals surface area contributed by atoms with Gasteiger partial charge < -0.3 is 10.0 Å². The first-order valence-electron chi connectivity index (χ1n) is 4.25. The van der Waals surface area contributed by atoms with Gasteiger partial charge in [-0.1, -0.05) is 11.6 Å². The first kappa shape index (κ1) is 9.96. The Morgan fingerprint density at radius 1 is 1.64 bits per heavy atom. The van der Waals surface area contributed by atoms with Crippen molar-refractivity contribution in [2.75, 3.05) is 13.1 Å². The van der Waals surface area contributed by atoms with Gasteiger partial charge in [0.25, 0.3) is 5.91 Å². The van der Waals surface area contributed by atoms with E-state index in [-0.39, 0.29) is 5.91 Å². The van der Waals surface area contributed by atoms with E-state index in [1.54, 1.807) is 24.0 Å². The molecule has 1 aliphatic heterocycles. The molecule has 0 radical (unpaired) electrons. The van der Waals surface area contributed by atoms with Gasteiger partial charge >= 0.3 is 0 Å². The average molecular weight is 232 g/mol. The average Bonchev–Trinajstić information content (AvgIpc) is 2.46. The molecule has 0 aliphatic carbocycles. The second kappa shape index (κ2) is 3.22. The Kier molecular flexibility index (Phi) is 2.29. The predicted octanol–water partition coefficient (Wildman–Crippen LogP) is 1.61. The van der Waals surface area contributed by atoms with Crippen molar-refractivity contribution in [1.29, 1.82) is 0 Å². The van der Waals surface area contributed by atoms with Gasteiger partial charge in [0.2, 0.25) is 0 Å². The fraction of sp³-hybridized carbons (Fsp3) is 0.444. The summed E-state index contributed by atoms with van der Waals surface area (Å²) in [4.78, 5) is 13.9. The number of rotatable bonds is 1. The van der Waals surface area contributed by atoms with E-state index in [1.807, 2.05) is 0 Å². The van der Waals surface area contributed by atoms with Crippen LogP contribution in [-0.2, 0) is 0 Å². The molecule has 1 aliphatic rings. The molecule has 1 aromatic rings. The number of β-amino-alcohol motifs (C(OH)–C–C–N with tert-alkyl or cyclic N) is 1. The van der Waals surface area contributed by atoms with Gasteiger partial charge in [0.1, 0.15) is 0 Å². The minimum Gasteiger partial charge on any atom is -0.386 e. The molecule has 14 heavy (non-hydrogen) atoms. The van der Waals surface area contributed by atoms with E-state index in [9.17, 15) is 9.90 Å². The smallest absolute Gasteiger partial charge is 0.264 e. The molecule has 3 nitrogen and oxygen atoms in total. The molecule has 2 rings (SSSR count). The number of carbonyl (C=O) groups excluding carboxylic acids is 1. The lowest BCUT2D eigenvalue weighted by atomic mass is 9.97. The van der Waals surface area contributed by atoms with Crippen molar-refractivity contribution in [3.8, 4) is 0 Å². The van der Waals surface area contributed by atoms with Crippen LogP contribution in [0.15, 0.2) is 12.1 Å². The minimum atomic E-state index is -0.712. The highest BCUT2D eigenvalue weighted by atomic mass is 35.5. The number of halogens is 1. The Morgan fingerprint density at radius 2 is 2.29 bits per heavy atom. The molecule has 76 valence electrons. The van der Waals surface area contributed by atoms with Gasteiger partial charge in [-0.05, 0) is 19.1 Å². The molecule has 1 aromatic heterocycles. The molecule has 1 fully saturated rings. The SMILES string of the molecule is CC1(O)CN(C(=O)c2ccc(Cl)s2)C1. The molecule has 0 saturated carbocycles. The number of amides is 1. The fourth-order valence-electron chi connectivity index (χ4n) is 1.50. The van der Waals surface area contributed by atoms with Gasteiger partial charge in [0.05, 0.1) is 27.9 Å². The largest absolute Gasteiger partial charge is 0.386 e. The first-order chi connectivity index (χ1) is 6.48. The monoisotopic (exact) mass is 231 g/mol. The summed E-state index contributed by atoms with van der Waals surface area (Å²) in [6.45, 7) is 2.53. The van der Waals surface area contributed by atoms with Crippen LogP contribution in [0.2, 0.25) is 4.34 Å². The fourth-order valence-corrected chi connectivity index (χ4v) is 2.52. The van der Waals surface area contributed by atoms with Crippen LogP contribution in [-0.4, -0.2) is 34.6 Å². The van der Waals surface area contributed by atoms with Gasteiger partial charge in [0.15, 0.2) is 0 Å². The lowest BCUT2D eigenvalue weighted by molar-refractivity contribution is -0.0667. The highest BCUT2D eigenvalue weighted by Crippen LogP contribution is 2.27. The molecule has 0 aromatic carbocycles. The van der Waals surface area contributed by atoms with E-state index in [2.05, 4.69) is 0 Å². The van der Waals surface area contributed by atoms with Crippen LogP contribution in [0.3, 0.4) is 0 Å². The summed E-state index contributed by atoms with van der Waals surface area (Å²) in [6.07, 6.45) is 0. The van der Waals surface area contributed by atoms with Crippen molar-refractivity contribution >= 4 is 28.8 Å². The topological polar surface area (TPSA) is 40.5 Å². The quantitative estimate of drug-likeness (QED) is 0.798. The Bertz CT molecular complexity index is 367. The molecule has 5 heteroatoms. The highest BCUT2D eigenvalue weighted by Gasteiger charge is 2.39. The zero-order chi connectivity index (χ0) is 10.3. The maximum atomic E-state index is 11.7. The summed E-state index contributed by atoms with van der Waals surface area (Å²) >= 11 is 6.99. The Balaban J connectivity index is 2.04. The number of thiophene rings is 1. The highest BCUT2D eigenvalue weighted by molar-refractivity contribution is 7.17. The second-order valence-electron chi connectivity index (χ2n) is 3.76. The molecule has 0 atom stereocenters. The van der Waals surface area contributed by atoms with Crippen LogP contribution in [0, 0.1) is 0 Å². The van der Waals surface area contributed by atoms with E-state index in [1.165, 1.54) is 11.3 Å². The van der Waals surface area contributed by atoms with Crippen LogP contribution in [0.1, 0.15) is 16.6 Å². The maximum Gasteiger partial charge on any atom is 0.264 e. The number of hydrogen-bond acceptors (Lipinski definition) is 3. The van der Waals surface area contributed by atoms with Crippen molar-refractivity contribution in [2.24, 2.45) is 0 Å². The van der Waals surface area contributed by atoms with Crippen molar-refractivity contribution in [3.63, 3.8) is 0 Å².